The van der Waals surface area contributed by atoms with E-state index in [-0.39, 0.29) is 13.0 Å². The zero-order chi connectivity index (χ0) is 22.8. The summed E-state index contributed by atoms with van der Waals surface area (Å²) in [6.45, 7) is 6.51. The molecule has 2 heterocycles. The minimum atomic E-state index is -0.480. The van der Waals surface area contributed by atoms with E-state index in [1.807, 2.05) is 25.1 Å². The number of aromatic nitrogens is 1. The third-order valence-corrected chi connectivity index (χ3v) is 5.56. The fraction of sp³-hybridized carbons (Fsp3) is 0.320. The van der Waals surface area contributed by atoms with E-state index in [0.717, 1.165) is 16.5 Å². The van der Waals surface area contributed by atoms with Gasteiger partial charge in [0.05, 0.1) is 5.52 Å². The lowest BCUT2D eigenvalue weighted by molar-refractivity contribution is -0.145. The monoisotopic (exact) mass is 435 g/mol. The average molecular weight is 435 g/mol. The van der Waals surface area contributed by atoms with Crippen molar-refractivity contribution >= 4 is 28.0 Å². The van der Waals surface area contributed by atoms with Gasteiger partial charge < -0.3 is 13.6 Å². The van der Waals surface area contributed by atoms with Crippen molar-refractivity contribution in [1.82, 2.24) is 4.57 Å². The third kappa shape index (κ3) is 4.37. The van der Waals surface area contributed by atoms with Crippen molar-refractivity contribution in [3.8, 4) is 0 Å². The molecule has 0 radical (unpaired) electrons. The van der Waals surface area contributed by atoms with Gasteiger partial charge in [-0.3, -0.25) is 9.36 Å². The van der Waals surface area contributed by atoms with Crippen molar-refractivity contribution in [3.05, 3.63) is 80.1 Å². The Morgan fingerprint density at radius 3 is 2.62 bits per heavy atom. The predicted octanol–water partition coefficient (Wildman–Crippen LogP) is 4.66. The van der Waals surface area contributed by atoms with E-state index in [0.29, 0.717) is 41.1 Å². The number of fused-ring (bicyclic) bond motifs is 2. The predicted molar refractivity (Wildman–Crippen MR) is 121 cm³/mol. The molecular weight excluding hydrogens is 410 g/mol. The Balaban J connectivity index is 1.43. The van der Waals surface area contributed by atoms with E-state index in [4.69, 9.17) is 13.6 Å². The molecule has 7 heteroatoms. The van der Waals surface area contributed by atoms with Crippen LogP contribution in [-0.2, 0) is 22.7 Å². The number of oxazole rings is 1. The van der Waals surface area contributed by atoms with Gasteiger partial charge in [0.2, 0.25) is 0 Å². The number of nitrogens with zero attached hydrogens (tertiary/aromatic N) is 1. The highest BCUT2D eigenvalue weighted by Gasteiger charge is 2.14. The summed E-state index contributed by atoms with van der Waals surface area (Å²) in [5, 5.41) is 0.767. The number of rotatable bonds is 7. The summed E-state index contributed by atoms with van der Waals surface area (Å²) in [6, 6.07) is 12.4. The molecule has 32 heavy (non-hydrogen) atoms. The number of benzene rings is 2. The van der Waals surface area contributed by atoms with Crippen LogP contribution >= 0.6 is 0 Å². The molecule has 0 atom stereocenters. The first-order valence-corrected chi connectivity index (χ1v) is 10.6. The standard InChI is InChI=1S/C25H25NO6/c1-15(2)18-13-19-17(12-24(28)31-22(19)11-16(18)3)14-30-23(27)9-6-10-26-20-7-4-5-8-21(20)32-25(26)29/h4-5,7-8,11-13,15H,6,9-10,14H2,1-3H3. The van der Waals surface area contributed by atoms with Gasteiger partial charge in [0.1, 0.15) is 12.2 Å². The van der Waals surface area contributed by atoms with E-state index in [9.17, 15) is 14.4 Å². The molecule has 0 aliphatic rings. The lowest BCUT2D eigenvalue weighted by Gasteiger charge is -2.13. The van der Waals surface area contributed by atoms with Gasteiger partial charge in [0.15, 0.2) is 5.58 Å². The molecule has 0 amide bonds. The van der Waals surface area contributed by atoms with Gasteiger partial charge in [-0.1, -0.05) is 26.0 Å². The molecule has 7 nitrogen and oxygen atoms in total. The third-order valence-electron chi connectivity index (χ3n) is 5.56. The second-order valence-electron chi connectivity index (χ2n) is 8.20. The SMILES string of the molecule is Cc1cc2oc(=O)cc(COC(=O)CCCn3c(=O)oc4ccccc43)c2cc1C(C)C. The highest BCUT2D eigenvalue weighted by Crippen LogP contribution is 2.27. The Morgan fingerprint density at radius 1 is 1.06 bits per heavy atom. The van der Waals surface area contributed by atoms with Crippen molar-refractivity contribution < 1.29 is 18.4 Å². The Kier molecular flexibility index (Phi) is 5.99. The summed E-state index contributed by atoms with van der Waals surface area (Å²) < 4.78 is 17.5. The van der Waals surface area contributed by atoms with Gasteiger partial charge >= 0.3 is 17.4 Å². The molecular formula is C25H25NO6. The normalized spacial score (nSPS) is 11.5. The number of aryl methyl sites for hydroxylation is 2. The molecule has 0 aliphatic heterocycles. The first kappa shape index (κ1) is 21.6. The minimum Gasteiger partial charge on any atom is -0.461 e. The molecule has 0 fully saturated rings. The van der Waals surface area contributed by atoms with Crippen LogP contribution in [0.2, 0.25) is 0 Å². The Morgan fingerprint density at radius 2 is 1.84 bits per heavy atom. The van der Waals surface area contributed by atoms with E-state index >= 15 is 0 Å². The molecule has 0 saturated carbocycles. The van der Waals surface area contributed by atoms with Crippen molar-refractivity contribution in [1.29, 1.82) is 0 Å². The van der Waals surface area contributed by atoms with Crippen LogP contribution in [0.5, 0.6) is 0 Å². The summed E-state index contributed by atoms with van der Waals surface area (Å²) in [5.74, 6) is -0.536. The van der Waals surface area contributed by atoms with Crippen molar-refractivity contribution in [2.45, 2.75) is 52.7 Å². The minimum absolute atomic E-state index is 0.0177. The second kappa shape index (κ2) is 8.86. The fourth-order valence-corrected chi connectivity index (χ4v) is 3.97. The molecule has 0 saturated heterocycles. The van der Waals surface area contributed by atoms with E-state index in [1.165, 1.54) is 10.6 Å². The topological polar surface area (TPSA) is 91.6 Å². The molecule has 0 bridgehead atoms. The summed E-state index contributed by atoms with van der Waals surface area (Å²) in [5.41, 5.74) is 4.03. The first-order chi connectivity index (χ1) is 15.3. The molecule has 0 spiro atoms. The van der Waals surface area contributed by atoms with Gasteiger partial charge in [-0.15, -0.1) is 0 Å². The lowest BCUT2D eigenvalue weighted by atomic mass is 9.95. The van der Waals surface area contributed by atoms with Gasteiger partial charge in [0, 0.05) is 30.0 Å². The number of carbonyl (C=O) groups is 1. The number of ether oxygens (including phenoxy) is 1. The van der Waals surface area contributed by atoms with Crippen LogP contribution in [0.3, 0.4) is 0 Å². The second-order valence-corrected chi connectivity index (χ2v) is 8.20. The largest absolute Gasteiger partial charge is 0.461 e. The molecule has 0 unspecified atom stereocenters. The van der Waals surface area contributed by atoms with E-state index in [2.05, 4.69) is 13.8 Å². The maximum atomic E-state index is 12.3. The smallest absolute Gasteiger partial charge is 0.419 e. The van der Waals surface area contributed by atoms with Gasteiger partial charge in [0.25, 0.3) is 0 Å². The zero-order valence-electron chi connectivity index (χ0n) is 18.3. The highest BCUT2D eigenvalue weighted by atomic mass is 16.5. The maximum absolute atomic E-state index is 12.3. The fourth-order valence-electron chi connectivity index (χ4n) is 3.97. The highest BCUT2D eigenvalue weighted by molar-refractivity contribution is 5.82. The lowest BCUT2D eigenvalue weighted by Crippen LogP contribution is -2.15. The summed E-state index contributed by atoms with van der Waals surface area (Å²) in [6.07, 6.45) is 0.568. The van der Waals surface area contributed by atoms with Gasteiger partial charge in [-0.25, -0.2) is 9.59 Å². The average Bonchev–Trinajstić information content (AvgIpc) is 3.06. The van der Waals surface area contributed by atoms with Crippen molar-refractivity contribution in [2.75, 3.05) is 0 Å². The van der Waals surface area contributed by atoms with Crippen LogP contribution in [0.25, 0.3) is 22.1 Å². The molecule has 0 aliphatic carbocycles. The van der Waals surface area contributed by atoms with Gasteiger partial charge in [-0.05, 0) is 54.7 Å². The van der Waals surface area contributed by atoms with Crippen molar-refractivity contribution in [3.63, 3.8) is 0 Å². The molecule has 4 rings (SSSR count). The van der Waals surface area contributed by atoms with E-state index < -0.39 is 17.4 Å². The molecule has 166 valence electrons. The van der Waals surface area contributed by atoms with Crippen molar-refractivity contribution in [2.24, 2.45) is 0 Å². The molecule has 2 aromatic carbocycles. The molecule has 0 N–H and O–H groups in total. The first-order valence-electron chi connectivity index (χ1n) is 10.6. The summed E-state index contributed by atoms with van der Waals surface area (Å²) in [7, 11) is 0. The summed E-state index contributed by atoms with van der Waals surface area (Å²) in [4.78, 5) is 36.3. The van der Waals surface area contributed by atoms with Crippen LogP contribution in [-0.4, -0.2) is 10.5 Å². The van der Waals surface area contributed by atoms with Gasteiger partial charge in [-0.2, -0.15) is 0 Å². The Labute approximate surface area is 184 Å². The number of hydrogen-bond donors (Lipinski definition) is 0. The number of hydrogen-bond acceptors (Lipinski definition) is 6. The summed E-state index contributed by atoms with van der Waals surface area (Å²) >= 11 is 0. The number of esters is 1. The quantitative estimate of drug-likeness (QED) is 0.310. The van der Waals surface area contributed by atoms with E-state index in [1.54, 1.807) is 18.2 Å². The van der Waals surface area contributed by atoms with Crippen LogP contribution in [0.4, 0.5) is 0 Å². The maximum Gasteiger partial charge on any atom is 0.419 e. The Bertz CT molecular complexity index is 1410. The van der Waals surface area contributed by atoms with Crippen LogP contribution in [0.15, 0.2) is 60.9 Å². The molecule has 2 aromatic heterocycles. The van der Waals surface area contributed by atoms with Crippen LogP contribution in [0, 0.1) is 6.92 Å². The number of para-hydroxylation sites is 2. The number of carbonyl (C=O) groups excluding carboxylic acids is 1. The molecule has 4 aromatic rings. The van der Waals surface area contributed by atoms with Crippen LogP contribution < -0.4 is 11.4 Å². The Hall–Kier alpha value is -3.61. The van der Waals surface area contributed by atoms with Crippen LogP contribution in [0.1, 0.15) is 49.3 Å². The zero-order valence-corrected chi connectivity index (χ0v) is 18.3.